The van der Waals surface area contributed by atoms with Crippen molar-refractivity contribution in [2.24, 2.45) is 0 Å². The Kier molecular flexibility index (Phi) is 3.27. The van der Waals surface area contributed by atoms with Gasteiger partial charge in [-0.15, -0.1) is 11.6 Å². The maximum Gasteiger partial charge on any atom is 0.134 e. The third-order valence-corrected chi connectivity index (χ3v) is 3.46. The molecule has 0 unspecified atom stereocenters. The summed E-state index contributed by atoms with van der Waals surface area (Å²) in [5.41, 5.74) is 1.38. The molecule has 1 nitrogen and oxygen atoms in total. The molecule has 78 valence electrons. The van der Waals surface area contributed by atoms with Crippen LogP contribution in [0.5, 0.6) is 0 Å². The summed E-state index contributed by atoms with van der Waals surface area (Å²) in [6, 6.07) is 5.42. The standard InChI is InChI=1S/C10H5Cl4N/c11-4-6-3-5-1-2-7(12)8(13)9(5)15-10(6)14/h1-3H,4H2. The molecule has 0 bridgehead atoms. The average molecular weight is 281 g/mol. The van der Waals surface area contributed by atoms with E-state index in [9.17, 15) is 0 Å². The quantitative estimate of drug-likeness (QED) is 0.533. The number of alkyl halides is 1. The van der Waals surface area contributed by atoms with Crippen molar-refractivity contribution in [1.29, 1.82) is 0 Å². The molecular weight excluding hydrogens is 276 g/mol. The number of pyridine rings is 1. The van der Waals surface area contributed by atoms with E-state index >= 15 is 0 Å². The molecule has 2 rings (SSSR count). The predicted molar refractivity (Wildman–Crippen MR) is 66.3 cm³/mol. The summed E-state index contributed by atoms with van der Waals surface area (Å²) in [4.78, 5) is 4.17. The van der Waals surface area contributed by atoms with E-state index < -0.39 is 0 Å². The minimum Gasteiger partial charge on any atom is -0.234 e. The van der Waals surface area contributed by atoms with Crippen LogP contribution in [0, 0.1) is 0 Å². The summed E-state index contributed by atoms with van der Waals surface area (Å²) in [6.07, 6.45) is 0. The van der Waals surface area contributed by atoms with Crippen LogP contribution in [-0.2, 0) is 5.88 Å². The van der Waals surface area contributed by atoms with Gasteiger partial charge < -0.3 is 0 Å². The highest BCUT2D eigenvalue weighted by Crippen LogP contribution is 2.31. The Morgan fingerprint density at radius 1 is 1.13 bits per heavy atom. The van der Waals surface area contributed by atoms with Crippen LogP contribution in [0.4, 0.5) is 0 Å². The molecule has 0 aliphatic heterocycles. The Balaban J connectivity index is 2.81. The lowest BCUT2D eigenvalue weighted by molar-refractivity contribution is 1.30. The highest BCUT2D eigenvalue weighted by molar-refractivity contribution is 6.45. The molecule has 0 aliphatic rings. The van der Waals surface area contributed by atoms with Crippen LogP contribution in [0.25, 0.3) is 10.9 Å². The lowest BCUT2D eigenvalue weighted by Gasteiger charge is -2.05. The van der Waals surface area contributed by atoms with E-state index in [0.717, 1.165) is 10.9 Å². The Labute approximate surface area is 107 Å². The molecule has 2 aromatic rings. The zero-order valence-electron chi connectivity index (χ0n) is 7.40. The number of halogens is 4. The summed E-state index contributed by atoms with van der Waals surface area (Å²) < 4.78 is 0. The van der Waals surface area contributed by atoms with Crippen molar-refractivity contribution in [3.63, 3.8) is 0 Å². The molecule has 0 atom stereocenters. The van der Waals surface area contributed by atoms with Crippen molar-refractivity contribution in [2.45, 2.75) is 5.88 Å². The van der Waals surface area contributed by atoms with Gasteiger partial charge in [0, 0.05) is 10.9 Å². The molecule has 5 heteroatoms. The van der Waals surface area contributed by atoms with E-state index in [1.54, 1.807) is 6.07 Å². The lowest BCUT2D eigenvalue weighted by Crippen LogP contribution is -1.88. The van der Waals surface area contributed by atoms with Crippen molar-refractivity contribution in [3.8, 4) is 0 Å². The van der Waals surface area contributed by atoms with E-state index in [1.165, 1.54) is 0 Å². The summed E-state index contributed by atoms with van der Waals surface area (Å²) >= 11 is 23.5. The first-order valence-electron chi connectivity index (χ1n) is 4.12. The molecule has 0 saturated carbocycles. The fourth-order valence-electron chi connectivity index (χ4n) is 1.30. The molecule has 0 N–H and O–H groups in total. The van der Waals surface area contributed by atoms with Gasteiger partial charge in [0.15, 0.2) is 0 Å². The van der Waals surface area contributed by atoms with Crippen LogP contribution in [0.3, 0.4) is 0 Å². The Morgan fingerprint density at radius 3 is 2.53 bits per heavy atom. The molecule has 1 aromatic carbocycles. The van der Waals surface area contributed by atoms with Gasteiger partial charge in [-0.25, -0.2) is 4.98 Å². The molecule has 0 aliphatic carbocycles. The van der Waals surface area contributed by atoms with Crippen LogP contribution < -0.4 is 0 Å². The largest absolute Gasteiger partial charge is 0.234 e. The summed E-state index contributed by atoms with van der Waals surface area (Å²) in [7, 11) is 0. The van der Waals surface area contributed by atoms with Crippen LogP contribution in [-0.4, -0.2) is 4.98 Å². The lowest BCUT2D eigenvalue weighted by atomic mass is 10.2. The van der Waals surface area contributed by atoms with Crippen molar-refractivity contribution in [3.05, 3.63) is 39.0 Å². The van der Waals surface area contributed by atoms with Gasteiger partial charge in [-0.05, 0) is 12.1 Å². The number of hydrogen-bond acceptors (Lipinski definition) is 1. The van der Waals surface area contributed by atoms with Gasteiger partial charge in [-0.1, -0.05) is 40.9 Å². The van der Waals surface area contributed by atoms with Gasteiger partial charge in [0.05, 0.1) is 21.4 Å². The minimum atomic E-state index is 0.321. The first-order valence-corrected chi connectivity index (χ1v) is 5.79. The molecular formula is C10H5Cl4N. The van der Waals surface area contributed by atoms with Crippen molar-refractivity contribution >= 4 is 57.3 Å². The van der Waals surface area contributed by atoms with Crippen LogP contribution in [0.1, 0.15) is 5.56 Å². The number of benzene rings is 1. The molecule has 0 fully saturated rings. The Hall–Kier alpha value is -0.210. The van der Waals surface area contributed by atoms with Gasteiger partial charge in [-0.3, -0.25) is 0 Å². The monoisotopic (exact) mass is 279 g/mol. The maximum absolute atomic E-state index is 6.01. The van der Waals surface area contributed by atoms with Gasteiger partial charge in [-0.2, -0.15) is 0 Å². The van der Waals surface area contributed by atoms with E-state index in [2.05, 4.69) is 4.98 Å². The van der Waals surface area contributed by atoms with Crippen molar-refractivity contribution in [2.75, 3.05) is 0 Å². The fourth-order valence-corrected chi connectivity index (χ4v) is 2.14. The topological polar surface area (TPSA) is 12.9 Å². The Bertz CT molecular complexity index is 524. The average Bonchev–Trinajstić information content (AvgIpc) is 2.24. The van der Waals surface area contributed by atoms with E-state index in [0.29, 0.717) is 26.6 Å². The second kappa shape index (κ2) is 4.34. The third kappa shape index (κ3) is 2.02. The highest BCUT2D eigenvalue weighted by Gasteiger charge is 2.09. The van der Waals surface area contributed by atoms with Gasteiger partial charge in [0.2, 0.25) is 0 Å². The first-order chi connectivity index (χ1) is 7.13. The van der Waals surface area contributed by atoms with E-state index in [-0.39, 0.29) is 0 Å². The SMILES string of the molecule is ClCc1cc2ccc(Cl)c(Cl)c2nc1Cl. The molecule has 0 amide bonds. The smallest absolute Gasteiger partial charge is 0.134 e. The number of fused-ring (bicyclic) bond motifs is 1. The van der Waals surface area contributed by atoms with Crippen LogP contribution in [0.2, 0.25) is 15.2 Å². The first kappa shape index (κ1) is 11.3. The summed E-state index contributed by atoms with van der Waals surface area (Å²) in [5.74, 6) is 0.321. The van der Waals surface area contributed by atoms with Gasteiger partial charge in [0.25, 0.3) is 0 Å². The Morgan fingerprint density at radius 2 is 1.87 bits per heavy atom. The van der Waals surface area contributed by atoms with Crippen LogP contribution >= 0.6 is 46.4 Å². The van der Waals surface area contributed by atoms with Gasteiger partial charge in [0.1, 0.15) is 5.15 Å². The predicted octanol–water partition coefficient (Wildman–Crippen LogP) is 4.93. The molecule has 15 heavy (non-hydrogen) atoms. The van der Waals surface area contributed by atoms with Crippen molar-refractivity contribution < 1.29 is 0 Å². The second-order valence-electron chi connectivity index (χ2n) is 3.01. The van der Waals surface area contributed by atoms with E-state index in [1.807, 2.05) is 12.1 Å². The second-order valence-corrected chi connectivity index (χ2v) is 4.42. The number of nitrogens with zero attached hydrogens (tertiary/aromatic N) is 1. The van der Waals surface area contributed by atoms with E-state index in [4.69, 9.17) is 46.4 Å². The molecule has 0 saturated heterocycles. The third-order valence-electron chi connectivity index (χ3n) is 2.05. The zero-order chi connectivity index (χ0) is 11.0. The fraction of sp³-hybridized carbons (Fsp3) is 0.100. The van der Waals surface area contributed by atoms with Crippen LogP contribution in [0.15, 0.2) is 18.2 Å². The van der Waals surface area contributed by atoms with Gasteiger partial charge >= 0.3 is 0 Å². The molecule has 0 spiro atoms. The summed E-state index contributed by atoms with van der Waals surface area (Å²) in [6.45, 7) is 0. The molecule has 1 heterocycles. The number of rotatable bonds is 1. The summed E-state index contributed by atoms with van der Waals surface area (Å²) in [5, 5.41) is 2.12. The zero-order valence-corrected chi connectivity index (χ0v) is 10.4. The molecule has 1 aromatic heterocycles. The van der Waals surface area contributed by atoms with Crippen molar-refractivity contribution in [1.82, 2.24) is 4.98 Å². The number of aromatic nitrogens is 1. The minimum absolute atomic E-state index is 0.321. The maximum atomic E-state index is 6.01. The normalized spacial score (nSPS) is 10.9. The molecule has 0 radical (unpaired) electrons. The highest BCUT2D eigenvalue weighted by atomic mass is 35.5. The number of hydrogen-bond donors (Lipinski definition) is 0.